The minimum atomic E-state index is -0.220. The fraction of sp³-hybridized carbons (Fsp3) is 0.300. The minimum Gasteiger partial charge on any atom is -0.336 e. The normalized spacial score (nSPS) is 10.5. The van der Waals surface area contributed by atoms with Gasteiger partial charge in [0, 0.05) is 19.2 Å². The summed E-state index contributed by atoms with van der Waals surface area (Å²) in [5.74, 6) is -0.345. The molecule has 2 amide bonds. The molecule has 2 aromatic carbocycles. The van der Waals surface area contributed by atoms with Crippen molar-refractivity contribution >= 4 is 40.7 Å². The Hall–Kier alpha value is -2.04. The lowest BCUT2D eigenvalue weighted by molar-refractivity contribution is -0.133. The second kappa shape index (κ2) is 9.60. The highest BCUT2D eigenvalue weighted by Gasteiger charge is 2.15. The average Bonchev–Trinajstić information content (AvgIpc) is 2.63. The average molecular weight is 393 g/mol. The molecule has 0 saturated carbocycles. The molecule has 0 atom stereocenters. The molecule has 0 aliphatic carbocycles. The smallest absolute Gasteiger partial charge is 0.243 e. The van der Waals surface area contributed by atoms with E-state index in [1.807, 2.05) is 37.3 Å². The summed E-state index contributed by atoms with van der Waals surface area (Å²) in [6, 6.07) is 13.0. The van der Waals surface area contributed by atoms with Crippen LogP contribution in [0.4, 0.5) is 5.69 Å². The number of halogens is 2. The van der Waals surface area contributed by atoms with E-state index in [4.69, 9.17) is 23.2 Å². The van der Waals surface area contributed by atoms with Crippen LogP contribution in [0, 0.1) is 0 Å². The first-order valence-electron chi connectivity index (χ1n) is 8.47. The van der Waals surface area contributed by atoms with E-state index >= 15 is 0 Å². The van der Waals surface area contributed by atoms with Crippen LogP contribution in [0.1, 0.15) is 24.5 Å². The van der Waals surface area contributed by atoms with Gasteiger partial charge in [-0.3, -0.25) is 9.59 Å². The highest BCUT2D eigenvalue weighted by molar-refractivity contribution is 6.42. The number of para-hydroxylation sites is 1. The molecule has 4 nitrogen and oxygen atoms in total. The Morgan fingerprint density at radius 3 is 2.46 bits per heavy atom. The zero-order valence-electron chi connectivity index (χ0n) is 14.9. The second-order valence-electron chi connectivity index (χ2n) is 6.02. The van der Waals surface area contributed by atoms with Gasteiger partial charge in [-0.15, -0.1) is 0 Å². The molecule has 2 rings (SSSR count). The first-order valence-corrected chi connectivity index (χ1v) is 9.22. The van der Waals surface area contributed by atoms with Crippen molar-refractivity contribution in [1.82, 2.24) is 4.90 Å². The number of benzene rings is 2. The largest absolute Gasteiger partial charge is 0.336 e. The molecule has 0 fully saturated rings. The highest BCUT2D eigenvalue weighted by atomic mass is 35.5. The molecule has 0 bridgehead atoms. The van der Waals surface area contributed by atoms with Gasteiger partial charge in [-0.2, -0.15) is 0 Å². The van der Waals surface area contributed by atoms with E-state index in [1.54, 1.807) is 19.2 Å². The van der Waals surface area contributed by atoms with Crippen molar-refractivity contribution in [3.8, 4) is 0 Å². The molecular weight excluding hydrogens is 371 g/mol. The molecule has 0 heterocycles. The highest BCUT2D eigenvalue weighted by Crippen LogP contribution is 2.26. The van der Waals surface area contributed by atoms with Gasteiger partial charge in [0.05, 0.1) is 16.6 Å². The van der Waals surface area contributed by atoms with Crippen molar-refractivity contribution < 1.29 is 9.59 Å². The van der Waals surface area contributed by atoms with E-state index < -0.39 is 0 Å². The van der Waals surface area contributed by atoms with Gasteiger partial charge in [0.1, 0.15) is 0 Å². The van der Waals surface area contributed by atoms with Crippen LogP contribution in [0.5, 0.6) is 0 Å². The number of rotatable bonds is 7. The molecule has 1 N–H and O–H groups in total. The molecule has 26 heavy (non-hydrogen) atoms. The van der Waals surface area contributed by atoms with Crippen LogP contribution < -0.4 is 5.32 Å². The predicted molar refractivity (Wildman–Crippen MR) is 107 cm³/mol. The lowest BCUT2D eigenvalue weighted by atomic mass is 10.1. The van der Waals surface area contributed by atoms with Gasteiger partial charge in [-0.1, -0.05) is 60.5 Å². The molecule has 0 aliphatic rings. The molecule has 0 aromatic heterocycles. The van der Waals surface area contributed by atoms with E-state index in [1.165, 1.54) is 4.90 Å². The zero-order chi connectivity index (χ0) is 19.1. The Morgan fingerprint density at radius 1 is 1.04 bits per heavy atom. The van der Waals surface area contributed by atoms with Crippen molar-refractivity contribution in [2.45, 2.75) is 26.2 Å². The van der Waals surface area contributed by atoms with E-state index in [0.29, 0.717) is 16.5 Å². The van der Waals surface area contributed by atoms with Crippen molar-refractivity contribution in [2.24, 2.45) is 0 Å². The van der Waals surface area contributed by atoms with E-state index in [0.717, 1.165) is 23.2 Å². The lowest BCUT2D eigenvalue weighted by Gasteiger charge is -2.18. The summed E-state index contributed by atoms with van der Waals surface area (Å²) in [6.45, 7) is 2.03. The number of carbonyl (C=O) groups is 2. The molecule has 6 heteroatoms. The van der Waals surface area contributed by atoms with Crippen LogP contribution in [-0.4, -0.2) is 30.3 Å². The quantitative estimate of drug-likeness (QED) is 0.748. The number of hydrogen-bond donors (Lipinski definition) is 1. The summed E-state index contributed by atoms with van der Waals surface area (Å²) in [7, 11) is 1.62. The van der Waals surface area contributed by atoms with Gasteiger partial charge in [-0.05, 0) is 36.1 Å². The van der Waals surface area contributed by atoms with Crippen LogP contribution >= 0.6 is 23.2 Å². The fourth-order valence-corrected chi connectivity index (χ4v) is 3.03. The second-order valence-corrected chi connectivity index (χ2v) is 6.81. The Morgan fingerprint density at radius 2 is 1.73 bits per heavy atom. The van der Waals surface area contributed by atoms with Crippen molar-refractivity contribution in [3.63, 3.8) is 0 Å². The summed E-state index contributed by atoms with van der Waals surface area (Å²) in [5, 5.41) is 3.81. The van der Waals surface area contributed by atoms with Crippen molar-refractivity contribution in [1.29, 1.82) is 0 Å². The van der Waals surface area contributed by atoms with Gasteiger partial charge in [-0.25, -0.2) is 0 Å². The molecule has 0 spiro atoms. The fourth-order valence-electron chi connectivity index (χ4n) is 2.62. The van der Waals surface area contributed by atoms with E-state index in [9.17, 15) is 9.59 Å². The minimum absolute atomic E-state index is 0.000159. The summed E-state index contributed by atoms with van der Waals surface area (Å²) in [6.07, 6.45) is 1.56. The number of anilines is 1. The first-order chi connectivity index (χ1) is 12.4. The topological polar surface area (TPSA) is 49.4 Å². The van der Waals surface area contributed by atoms with Gasteiger partial charge < -0.3 is 10.2 Å². The van der Waals surface area contributed by atoms with Crippen LogP contribution in [-0.2, 0) is 22.4 Å². The maximum Gasteiger partial charge on any atom is 0.243 e. The van der Waals surface area contributed by atoms with E-state index in [-0.39, 0.29) is 24.8 Å². The Bertz CT molecular complexity index is 793. The van der Waals surface area contributed by atoms with Crippen LogP contribution in [0.2, 0.25) is 10.0 Å². The summed E-state index contributed by atoms with van der Waals surface area (Å²) in [4.78, 5) is 25.9. The lowest BCUT2D eigenvalue weighted by Crippen LogP contribution is -2.35. The van der Waals surface area contributed by atoms with Gasteiger partial charge >= 0.3 is 0 Å². The molecule has 0 unspecified atom stereocenters. The summed E-state index contributed by atoms with van der Waals surface area (Å²) in [5.41, 5.74) is 2.67. The maximum absolute atomic E-state index is 12.3. The Balaban J connectivity index is 1.88. The number of nitrogens with one attached hydrogen (secondary N) is 1. The summed E-state index contributed by atoms with van der Waals surface area (Å²) < 4.78 is 0. The van der Waals surface area contributed by atoms with Gasteiger partial charge in [0.15, 0.2) is 0 Å². The molecular formula is C20H22Cl2N2O2. The maximum atomic E-state index is 12.3. The van der Waals surface area contributed by atoms with Gasteiger partial charge in [0.25, 0.3) is 0 Å². The third-order valence-corrected chi connectivity index (χ3v) is 4.98. The zero-order valence-corrected chi connectivity index (χ0v) is 16.4. The van der Waals surface area contributed by atoms with E-state index in [2.05, 4.69) is 5.32 Å². The first kappa shape index (κ1) is 20.3. The van der Waals surface area contributed by atoms with Crippen LogP contribution in [0.15, 0.2) is 42.5 Å². The predicted octanol–water partition coefficient (Wildman–Crippen LogP) is 4.59. The third kappa shape index (κ3) is 5.48. The van der Waals surface area contributed by atoms with Crippen molar-refractivity contribution in [3.05, 3.63) is 63.6 Å². The summed E-state index contributed by atoms with van der Waals surface area (Å²) >= 11 is 12.1. The Kier molecular flexibility index (Phi) is 7.49. The molecule has 138 valence electrons. The monoisotopic (exact) mass is 392 g/mol. The van der Waals surface area contributed by atoms with Gasteiger partial charge in [0.2, 0.25) is 11.8 Å². The number of hydrogen-bond acceptors (Lipinski definition) is 2. The standard InChI is InChI=1S/C20H22Cl2N2O2/c1-3-14-7-4-5-10-17(14)23-18(25)13-24(2)19(26)12-11-15-8-6-9-16(21)20(15)22/h4-10H,3,11-13H2,1-2H3,(H,23,25). The SMILES string of the molecule is CCc1ccccc1NC(=O)CN(C)C(=O)CCc1cccc(Cl)c1Cl. The van der Waals surface area contributed by atoms with Crippen molar-refractivity contribution in [2.75, 3.05) is 18.9 Å². The number of likely N-dealkylation sites (N-methyl/N-ethyl adjacent to an activating group) is 1. The number of nitrogens with zero attached hydrogens (tertiary/aromatic N) is 1. The molecule has 0 radical (unpaired) electrons. The van der Waals surface area contributed by atoms with Crippen LogP contribution in [0.3, 0.4) is 0 Å². The molecule has 0 aliphatic heterocycles. The number of aryl methyl sites for hydroxylation is 2. The van der Waals surface area contributed by atoms with Crippen LogP contribution in [0.25, 0.3) is 0 Å². The Labute approximate surface area is 164 Å². The molecule has 0 saturated heterocycles. The third-order valence-electron chi connectivity index (χ3n) is 4.12. The molecule has 2 aromatic rings. The number of carbonyl (C=O) groups excluding carboxylic acids is 2. The number of amides is 2.